The van der Waals surface area contributed by atoms with Gasteiger partial charge in [0.15, 0.2) is 0 Å². The molecule has 4 heteroatoms. The van der Waals surface area contributed by atoms with Crippen molar-refractivity contribution in [2.45, 2.75) is 13.5 Å². The Kier molecular flexibility index (Phi) is 2.97. The average molecular weight is 180 g/mol. The van der Waals surface area contributed by atoms with Crippen LogP contribution in [0.15, 0.2) is 12.1 Å². The molecule has 13 heavy (non-hydrogen) atoms. The molecular formula is C9H12N2O2. The molecule has 1 aromatic rings. The van der Waals surface area contributed by atoms with Crippen molar-refractivity contribution in [1.29, 1.82) is 0 Å². The number of rotatable bonds is 2. The van der Waals surface area contributed by atoms with E-state index < -0.39 is 5.97 Å². The third-order valence-corrected chi connectivity index (χ3v) is 1.63. The van der Waals surface area contributed by atoms with Gasteiger partial charge < -0.3 is 10.5 Å². The van der Waals surface area contributed by atoms with Crippen molar-refractivity contribution in [3.05, 3.63) is 29.1 Å². The highest BCUT2D eigenvalue weighted by atomic mass is 16.5. The van der Waals surface area contributed by atoms with Crippen molar-refractivity contribution >= 4 is 5.97 Å². The van der Waals surface area contributed by atoms with Crippen molar-refractivity contribution < 1.29 is 9.53 Å². The number of carbonyl (C=O) groups is 1. The van der Waals surface area contributed by atoms with Crippen molar-refractivity contribution in [2.24, 2.45) is 5.73 Å². The summed E-state index contributed by atoms with van der Waals surface area (Å²) in [5, 5.41) is 0. The van der Waals surface area contributed by atoms with Gasteiger partial charge in [-0.05, 0) is 24.6 Å². The van der Waals surface area contributed by atoms with Gasteiger partial charge in [0.25, 0.3) is 0 Å². The second kappa shape index (κ2) is 4.00. The summed E-state index contributed by atoms with van der Waals surface area (Å²) in [6, 6.07) is 3.51. The van der Waals surface area contributed by atoms with Gasteiger partial charge in [-0.15, -0.1) is 0 Å². The third kappa shape index (κ3) is 2.26. The maximum atomic E-state index is 11.1. The van der Waals surface area contributed by atoms with Crippen molar-refractivity contribution in [3.63, 3.8) is 0 Å². The minimum absolute atomic E-state index is 0.308. The molecule has 0 amide bonds. The maximum absolute atomic E-state index is 11.1. The number of aryl methyl sites for hydroxylation is 1. The van der Waals surface area contributed by atoms with Crippen LogP contribution in [0, 0.1) is 6.92 Å². The van der Waals surface area contributed by atoms with Crippen LogP contribution in [0.4, 0.5) is 0 Å². The molecule has 0 aliphatic rings. The molecule has 0 spiro atoms. The lowest BCUT2D eigenvalue weighted by molar-refractivity contribution is 0.0593. The summed E-state index contributed by atoms with van der Waals surface area (Å²) in [6.07, 6.45) is 0. The van der Waals surface area contributed by atoms with E-state index in [9.17, 15) is 4.79 Å². The Morgan fingerprint density at radius 3 is 2.85 bits per heavy atom. The van der Waals surface area contributed by atoms with Gasteiger partial charge in [0, 0.05) is 6.54 Å². The Hall–Kier alpha value is -1.42. The van der Waals surface area contributed by atoms with Crippen LogP contribution >= 0.6 is 0 Å². The van der Waals surface area contributed by atoms with Gasteiger partial charge in [-0.2, -0.15) is 0 Å². The highest BCUT2D eigenvalue weighted by molar-refractivity contribution is 5.87. The normalized spacial score (nSPS) is 9.77. The van der Waals surface area contributed by atoms with Crippen molar-refractivity contribution in [3.8, 4) is 0 Å². The SMILES string of the molecule is COC(=O)c1cc(C)cc(CN)n1. The molecule has 0 radical (unpaired) electrons. The van der Waals surface area contributed by atoms with E-state index in [1.54, 1.807) is 6.07 Å². The van der Waals surface area contributed by atoms with Gasteiger partial charge in [-0.3, -0.25) is 0 Å². The number of carbonyl (C=O) groups excluding carboxylic acids is 1. The zero-order chi connectivity index (χ0) is 9.84. The molecule has 0 saturated carbocycles. The number of hydrogen-bond donors (Lipinski definition) is 1. The van der Waals surface area contributed by atoms with Gasteiger partial charge in [-0.25, -0.2) is 9.78 Å². The monoisotopic (exact) mass is 180 g/mol. The first-order valence-electron chi connectivity index (χ1n) is 3.93. The highest BCUT2D eigenvalue weighted by Gasteiger charge is 2.08. The largest absolute Gasteiger partial charge is 0.464 e. The van der Waals surface area contributed by atoms with E-state index in [1.807, 2.05) is 13.0 Å². The zero-order valence-corrected chi connectivity index (χ0v) is 7.70. The molecule has 0 aliphatic heterocycles. The number of hydrogen-bond acceptors (Lipinski definition) is 4. The van der Waals surface area contributed by atoms with Gasteiger partial charge >= 0.3 is 5.97 Å². The van der Waals surface area contributed by atoms with Crippen LogP contribution in [-0.2, 0) is 11.3 Å². The molecule has 0 aliphatic carbocycles. The lowest BCUT2D eigenvalue weighted by Gasteiger charge is -2.02. The lowest BCUT2D eigenvalue weighted by atomic mass is 10.2. The van der Waals surface area contributed by atoms with Crippen LogP contribution < -0.4 is 5.73 Å². The number of ether oxygens (including phenoxy) is 1. The Labute approximate surface area is 76.7 Å². The molecule has 0 fully saturated rings. The number of nitrogens with zero attached hydrogens (tertiary/aromatic N) is 1. The first-order valence-corrected chi connectivity index (χ1v) is 3.93. The molecule has 2 N–H and O–H groups in total. The fourth-order valence-corrected chi connectivity index (χ4v) is 1.05. The minimum Gasteiger partial charge on any atom is -0.464 e. The van der Waals surface area contributed by atoms with E-state index >= 15 is 0 Å². The van der Waals surface area contributed by atoms with E-state index in [0.717, 1.165) is 5.56 Å². The minimum atomic E-state index is -0.432. The topological polar surface area (TPSA) is 65.2 Å². The molecule has 0 aromatic carbocycles. The summed E-state index contributed by atoms with van der Waals surface area (Å²) in [6.45, 7) is 2.21. The molecule has 70 valence electrons. The summed E-state index contributed by atoms with van der Waals surface area (Å²) >= 11 is 0. The van der Waals surface area contributed by atoms with Gasteiger partial charge in [0.05, 0.1) is 12.8 Å². The summed E-state index contributed by atoms with van der Waals surface area (Å²) in [4.78, 5) is 15.1. The number of pyridine rings is 1. The Morgan fingerprint density at radius 1 is 1.62 bits per heavy atom. The molecule has 0 unspecified atom stereocenters. The number of nitrogens with two attached hydrogens (primary N) is 1. The molecule has 1 rings (SSSR count). The average Bonchev–Trinajstić information content (AvgIpc) is 2.15. The van der Waals surface area contributed by atoms with E-state index in [0.29, 0.717) is 17.9 Å². The first-order chi connectivity index (χ1) is 6.17. The van der Waals surface area contributed by atoms with E-state index in [2.05, 4.69) is 9.72 Å². The number of aromatic nitrogens is 1. The van der Waals surface area contributed by atoms with Crippen molar-refractivity contribution in [2.75, 3.05) is 7.11 Å². The van der Waals surface area contributed by atoms with E-state index in [1.165, 1.54) is 7.11 Å². The predicted octanol–water partition coefficient (Wildman–Crippen LogP) is 0.635. The molecular weight excluding hydrogens is 168 g/mol. The quantitative estimate of drug-likeness (QED) is 0.678. The molecule has 0 saturated heterocycles. The van der Waals surface area contributed by atoms with E-state index in [4.69, 9.17) is 5.73 Å². The summed E-state index contributed by atoms with van der Waals surface area (Å²) in [5.41, 5.74) is 7.37. The van der Waals surface area contributed by atoms with Crippen LogP contribution in [0.25, 0.3) is 0 Å². The highest BCUT2D eigenvalue weighted by Crippen LogP contribution is 2.05. The molecule has 1 heterocycles. The van der Waals surface area contributed by atoms with Crippen LogP contribution in [-0.4, -0.2) is 18.1 Å². The Balaban J connectivity index is 3.08. The second-order valence-corrected chi connectivity index (χ2v) is 2.72. The van der Waals surface area contributed by atoms with Gasteiger partial charge in [-0.1, -0.05) is 0 Å². The lowest BCUT2D eigenvalue weighted by Crippen LogP contribution is -2.08. The molecule has 1 aromatic heterocycles. The summed E-state index contributed by atoms with van der Waals surface area (Å²) < 4.78 is 4.55. The maximum Gasteiger partial charge on any atom is 0.356 e. The smallest absolute Gasteiger partial charge is 0.356 e. The Bertz CT molecular complexity index is 323. The predicted molar refractivity (Wildman–Crippen MR) is 48.2 cm³/mol. The molecule has 0 atom stereocenters. The fraction of sp³-hybridized carbons (Fsp3) is 0.333. The summed E-state index contributed by atoms with van der Waals surface area (Å²) in [5.74, 6) is -0.432. The van der Waals surface area contributed by atoms with Crippen LogP contribution in [0.3, 0.4) is 0 Å². The third-order valence-electron chi connectivity index (χ3n) is 1.63. The zero-order valence-electron chi connectivity index (χ0n) is 7.70. The van der Waals surface area contributed by atoms with Gasteiger partial charge in [0.1, 0.15) is 5.69 Å². The summed E-state index contributed by atoms with van der Waals surface area (Å²) in [7, 11) is 1.33. The van der Waals surface area contributed by atoms with Crippen LogP contribution in [0.1, 0.15) is 21.7 Å². The standard InChI is InChI=1S/C9H12N2O2/c1-6-3-7(5-10)11-8(4-6)9(12)13-2/h3-4H,5,10H2,1-2H3. The van der Waals surface area contributed by atoms with Crippen molar-refractivity contribution in [1.82, 2.24) is 4.98 Å². The Morgan fingerprint density at radius 2 is 2.31 bits per heavy atom. The number of esters is 1. The first kappa shape index (κ1) is 9.67. The van der Waals surface area contributed by atoms with E-state index in [-0.39, 0.29) is 0 Å². The molecule has 0 bridgehead atoms. The van der Waals surface area contributed by atoms with Crippen LogP contribution in [0.2, 0.25) is 0 Å². The van der Waals surface area contributed by atoms with Crippen LogP contribution in [0.5, 0.6) is 0 Å². The second-order valence-electron chi connectivity index (χ2n) is 2.72. The fourth-order valence-electron chi connectivity index (χ4n) is 1.05. The molecule has 4 nitrogen and oxygen atoms in total. The van der Waals surface area contributed by atoms with Gasteiger partial charge in [0.2, 0.25) is 0 Å². The number of methoxy groups -OCH3 is 1.